The van der Waals surface area contributed by atoms with Crippen LogP contribution in [0.4, 0.5) is 5.69 Å². The molecule has 6 nitrogen and oxygen atoms in total. The lowest BCUT2D eigenvalue weighted by atomic mass is 10.1. The highest BCUT2D eigenvalue weighted by molar-refractivity contribution is 7.99. The molecule has 3 rings (SSSR count). The Morgan fingerprint density at radius 2 is 1.80 bits per heavy atom. The van der Waals surface area contributed by atoms with Crippen LogP contribution >= 0.6 is 11.8 Å². The summed E-state index contributed by atoms with van der Waals surface area (Å²) < 4.78 is 10.8. The SMILES string of the molecule is C.COc1ccc([C@@H]2Sc3ccccc3N(CCN(C)C)C(=O)[C@H]2OC(C)=O)cc1. The van der Waals surface area contributed by atoms with E-state index in [0.717, 1.165) is 21.9 Å². The molecule has 0 spiro atoms. The van der Waals surface area contributed by atoms with E-state index in [1.807, 2.05) is 67.5 Å². The van der Waals surface area contributed by atoms with E-state index < -0.39 is 12.1 Å². The van der Waals surface area contributed by atoms with E-state index in [9.17, 15) is 9.59 Å². The molecule has 1 aliphatic heterocycles. The first-order valence-corrected chi connectivity index (χ1v) is 10.3. The molecule has 0 N–H and O–H groups in total. The minimum Gasteiger partial charge on any atom is -0.497 e. The molecule has 0 radical (unpaired) electrons. The zero-order chi connectivity index (χ0) is 21.0. The number of benzene rings is 2. The summed E-state index contributed by atoms with van der Waals surface area (Å²) >= 11 is 1.54. The molecule has 7 heteroatoms. The average Bonchev–Trinajstić information content (AvgIpc) is 2.81. The van der Waals surface area contributed by atoms with E-state index in [1.165, 1.54) is 6.92 Å². The molecule has 0 bridgehead atoms. The number of esters is 1. The number of likely N-dealkylation sites (N-methyl/N-ethyl adjacent to an activating group) is 1. The fourth-order valence-electron chi connectivity index (χ4n) is 3.24. The largest absolute Gasteiger partial charge is 0.497 e. The van der Waals surface area contributed by atoms with Gasteiger partial charge in [-0.3, -0.25) is 9.59 Å². The maximum Gasteiger partial charge on any atom is 0.303 e. The van der Waals surface area contributed by atoms with Gasteiger partial charge in [0, 0.05) is 24.9 Å². The molecule has 0 unspecified atom stereocenters. The maximum atomic E-state index is 13.6. The molecule has 2 atom stereocenters. The Morgan fingerprint density at radius 3 is 2.40 bits per heavy atom. The molecule has 30 heavy (non-hydrogen) atoms. The van der Waals surface area contributed by atoms with Crippen LogP contribution in [0.3, 0.4) is 0 Å². The van der Waals surface area contributed by atoms with Crippen molar-refractivity contribution < 1.29 is 19.1 Å². The van der Waals surface area contributed by atoms with Gasteiger partial charge < -0.3 is 19.3 Å². The molecule has 1 amide bonds. The van der Waals surface area contributed by atoms with Crippen molar-refractivity contribution in [2.24, 2.45) is 0 Å². The Morgan fingerprint density at radius 1 is 1.13 bits per heavy atom. The smallest absolute Gasteiger partial charge is 0.303 e. The summed E-state index contributed by atoms with van der Waals surface area (Å²) in [6, 6.07) is 15.4. The number of amides is 1. The molecule has 0 saturated heterocycles. The standard InChI is InChI=1S/C22H26N2O4S.CH4/c1-15(25)28-20-21(16-9-11-17(27-4)12-10-16)29-19-8-6-5-7-18(19)24(22(20)26)14-13-23(2)3;/h5-12,20-21H,13-14H2,1-4H3;1H4/t20-,21-;/m0./s1. The van der Waals surface area contributed by atoms with Gasteiger partial charge in [0.25, 0.3) is 5.91 Å². The summed E-state index contributed by atoms with van der Waals surface area (Å²) in [4.78, 5) is 30.2. The van der Waals surface area contributed by atoms with E-state index in [4.69, 9.17) is 9.47 Å². The lowest BCUT2D eigenvalue weighted by molar-refractivity contribution is -0.152. The zero-order valence-electron chi connectivity index (χ0n) is 17.1. The Kier molecular flexibility index (Phi) is 8.32. The number of para-hydroxylation sites is 1. The molecule has 2 aromatic carbocycles. The van der Waals surface area contributed by atoms with Crippen LogP contribution in [0.1, 0.15) is 25.2 Å². The molecular formula is C23H30N2O4S. The predicted molar refractivity (Wildman–Crippen MR) is 121 cm³/mol. The van der Waals surface area contributed by atoms with E-state index >= 15 is 0 Å². The van der Waals surface area contributed by atoms with Crippen LogP contribution in [0.15, 0.2) is 53.4 Å². The molecule has 162 valence electrons. The summed E-state index contributed by atoms with van der Waals surface area (Å²) in [6.45, 7) is 2.55. The molecular weight excluding hydrogens is 400 g/mol. The Bertz CT molecular complexity index is 870. The summed E-state index contributed by atoms with van der Waals surface area (Å²) in [5, 5.41) is -0.359. The summed E-state index contributed by atoms with van der Waals surface area (Å²) in [5.41, 5.74) is 1.75. The number of hydrogen-bond acceptors (Lipinski definition) is 6. The van der Waals surface area contributed by atoms with Crippen LogP contribution in [-0.4, -0.2) is 57.2 Å². The highest BCUT2D eigenvalue weighted by Gasteiger charge is 2.40. The van der Waals surface area contributed by atoms with Crippen LogP contribution in [0, 0.1) is 0 Å². The normalized spacial score (nSPS) is 18.3. The van der Waals surface area contributed by atoms with Gasteiger partial charge in [-0.25, -0.2) is 0 Å². The number of anilines is 1. The van der Waals surface area contributed by atoms with E-state index in [1.54, 1.807) is 23.8 Å². The van der Waals surface area contributed by atoms with E-state index in [2.05, 4.69) is 0 Å². The van der Waals surface area contributed by atoms with Gasteiger partial charge in [-0.05, 0) is 43.9 Å². The number of carbonyl (C=O) groups is 2. The van der Waals surface area contributed by atoms with Crippen LogP contribution < -0.4 is 9.64 Å². The molecule has 0 saturated carbocycles. The van der Waals surface area contributed by atoms with Crippen LogP contribution in [0.5, 0.6) is 5.75 Å². The molecule has 0 aliphatic carbocycles. The van der Waals surface area contributed by atoms with Gasteiger partial charge in [-0.1, -0.05) is 31.7 Å². The van der Waals surface area contributed by atoms with Gasteiger partial charge in [0.1, 0.15) is 5.75 Å². The minimum absolute atomic E-state index is 0. The summed E-state index contributed by atoms with van der Waals surface area (Å²) in [5.74, 6) is 0.0528. The van der Waals surface area contributed by atoms with Gasteiger partial charge in [0.2, 0.25) is 0 Å². The monoisotopic (exact) mass is 430 g/mol. The number of thioether (sulfide) groups is 1. The molecule has 0 aromatic heterocycles. The number of methoxy groups -OCH3 is 1. The van der Waals surface area contributed by atoms with Crippen molar-refractivity contribution in [2.75, 3.05) is 39.2 Å². The first-order valence-electron chi connectivity index (χ1n) is 9.43. The third-order valence-electron chi connectivity index (χ3n) is 4.70. The number of rotatable bonds is 6. The molecule has 1 aliphatic rings. The van der Waals surface area contributed by atoms with Crippen LogP contribution in [0.2, 0.25) is 0 Å². The van der Waals surface area contributed by atoms with Crippen molar-refractivity contribution in [1.29, 1.82) is 0 Å². The Hall–Kier alpha value is -2.51. The van der Waals surface area contributed by atoms with Crippen molar-refractivity contribution in [1.82, 2.24) is 4.90 Å². The van der Waals surface area contributed by atoms with E-state index in [0.29, 0.717) is 13.1 Å². The number of carbonyl (C=O) groups excluding carboxylic acids is 2. The highest BCUT2D eigenvalue weighted by atomic mass is 32.2. The van der Waals surface area contributed by atoms with Crippen molar-refractivity contribution in [3.05, 3.63) is 54.1 Å². The third-order valence-corrected chi connectivity index (χ3v) is 6.07. The van der Waals surface area contributed by atoms with Crippen molar-refractivity contribution in [2.45, 2.75) is 30.6 Å². The van der Waals surface area contributed by atoms with Crippen molar-refractivity contribution >= 4 is 29.3 Å². The quantitative estimate of drug-likeness (QED) is 0.646. The first-order chi connectivity index (χ1) is 13.9. The second-order valence-electron chi connectivity index (χ2n) is 7.10. The van der Waals surface area contributed by atoms with E-state index in [-0.39, 0.29) is 18.6 Å². The number of hydrogen-bond donors (Lipinski definition) is 0. The second-order valence-corrected chi connectivity index (χ2v) is 8.29. The van der Waals surface area contributed by atoms with Gasteiger partial charge in [-0.15, -0.1) is 11.8 Å². The summed E-state index contributed by atoms with van der Waals surface area (Å²) in [7, 11) is 5.54. The van der Waals surface area contributed by atoms with Gasteiger partial charge in [-0.2, -0.15) is 0 Å². The molecule has 1 heterocycles. The third kappa shape index (κ3) is 5.34. The fraction of sp³-hybridized carbons (Fsp3) is 0.391. The number of nitrogens with zero attached hydrogens (tertiary/aromatic N) is 2. The topological polar surface area (TPSA) is 59.1 Å². The second kappa shape index (κ2) is 10.5. The van der Waals surface area contributed by atoms with Crippen molar-refractivity contribution in [3.63, 3.8) is 0 Å². The average molecular weight is 431 g/mol. The lowest BCUT2D eigenvalue weighted by Gasteiger charge is -2.28. The minimum atomic E-state index is -0.916. The Balaban J connectivity index is 0.00000320. The molecule has 0 fully saturated rings. The predicted octanol–water partition coefficient (Wildman–Crippen LogP) is 4.00. The van der Waals surface area contributed by atoms with Gasteiger partial charge >= 0.3 is 5.97 Å². The molecule has 2 aromatic rings. The van der Waals surface area contributed by atoms with Gasteiger partial charge in [0.05, 0.1) is 18.0 Å². The highest BCUT2D eigenvalue weighted by Crippen LogP contribution is 2.46. The fourth-order valence-corrected chi connectivity index (χ4v) is 4.56. The summed E-state index contributed by atoms with van der Waals surface area (Å²) in [6.07, 6.45) is -0.916. The maximum absolute atomic E-state index is 13.6. The van der Waals surface area contributed by atoms with Gasteiger partial charge in [0.15, 0.2) is 6.10 Å². The first kappa shape index (κ1) is 23.8. The van der Waals surface area contributed by atoms with Crippen LogP contribution in [0.25, 0.3) is 0 Å². The number of fused-ring (bicyclic) bond motifs is 1. The Labute approximate surface area is 183 Å². The van der Waals surface area contributed by atoms with Crippen LogP contribution in [-0.2, 0) is 14.3 Å². The van der Waals surface area contributed by atoms with Crippen molar-refractivity contribution in [3.8, 4) is 5.75 Å². The lowest BCUT2D eigenvalue weighted by Crippen LogP contribution is -2.45. The number of ether oxygens (including phenoxy) is 2. The zero-order valence-corrected chi connectivity index (χ0v) is 17.9.